The Morgan fingerprint density at radius 1 is 1.07 bits per heavy atom. The third kappa shape index (κ3) is 3.90. The Labute approximate surface area is 172 Å². The van der Waals surface area contributed by atoms with Crippen molar-refractivity contribution >= 4 is 35.2 Å². The molecule has 1 atom stereocenters. The fourth-order valence-corrected chi connectivity index (χ4v) is 3.18. The number of carbonyl (C=O) groups excluding carboxylic acids is 5. The van der Waals surface area contributed by atoms with E-state index in [0.29, 0.717) is 16.8 Å². The Bertz CT molecular complexity index is 1080. The molecule has 2 aromatic rings. The second-order valence-corrected chi connectivity index (χ2v) is 7.08. The summed E-state index contributed by atoms with van der Waals surface area (Å²) in [5.74, 6) is -2.06. The van der Waals surface area contributed by atoms with Crippen molar-refractivity contribution in [2.24, 2.45) is 5.73 Å². The van der Waals surface area contributed by atoms with Gasteiger partial charge in [-0.15, -0.1) is 0 Å². The number of ketones is 1. The molecule has 5 amide bonds. The van der Waals surface area contributed by atoms with E-state index in [1.165, 1.54) is 32.0 Å². The maximum absolute atomic E-state index is 13.0. The predicted octanol–water partition coefficient (Wildman–Crippen LogP) is 1.39. The number of primary amides is 1. The Kier molecular flexibility index (Phi) is 5.37. The van der Waals surface area contributed by atoms with Gasteiger partial charge in [0.1, 0.15) is 12.1 Å². The van der Waals surface area contributed by atoms with Crippen molar-refractivity contribution in [2.75, 3.05) is 11.9 Å². The number of amides is 5. The third-order valence-corrected chi connectivity index (χ3v) is 4.85. The van der Waals surface area contributed by atoms with Crippen LogP contribution >= 0.6 is 0 Å². The van der Waals surface area contributed by atoms with Crippen LogP contribution in [0.4, 0.5) is 10.5 Å². The lowest BCUT2D eigenvalue weighted by Crippen LogP contribution is -2.42. The number of anilines is 1. The summed E-state index contributed by atoms with van der Waals surface area (Å²) in [7, 11) is 0. The number of benzene rings is 2. The first kappa shape index (κ1) is 20.7. The SMILES string of the molecule is CC(=O)c1cccc(NC(=O)CN2C(=O)NC(C)(c3cccc(C(N)=O)c3)C2=O)c1. The number of urea groups is 1. The number of Topliss-reactive ketones (excluding diaryl/α,β-unsaturated/α-hetero) is 1. The molecule has 4 N–H and O–H groups in total. The van der Waals surface area contributed by atoms with Crippen LogP contribution in [0.2, 0.25) is 0 Å². The Morgan fingerprint density at radius 2 is 1.73 bits per heavy atom. The zero-order valence-corrected chi connectivity index (χ0v) is 16.4. The van der Waals surface area contributed by atoms with Gasteiger partial charge in [-0.2, -0.15) is 0 Å². The van der Waals surface area contributed by atoms with Crippen LogP contribution in [0.15, 0.2) is 48.5 Å². The van der Waals surface area contributed by atoms with Gasteiger partial charge >= 0.3 is 6.03 Å². The van der Waals surface area contributed by atoms with Gasteiger partial charge in [-0.3, -0.25) is 24.1 Å². The number of nitrogens with two attached hydrogens (primary N) is 1. The van der Waals surface area contributed by atoms with E-state index in [1.807, 2.05) is 0 Å². The molecule has 154 valence electrons. The Morgan fingerprint density at radius 3 is 2.40 bits per heavy atom. The zero-order chi connectivity index (χ0) is 22.1. The lowest BCUT2D eigenvalue weighted by atomic mass is 9.90. The first-order valence-electron chi connectivity index (χ1n) is 9.07. The normalized spacial score (nSPS) is 18.1. The topological polar surface area (TPSA) is 139 Å². The number of rotatable bonds is 6. The van der Waals surface area contributed by atoms with Gasteiger partial charge in [-0.1, -0.05) is 24.3 Å². The molecule has 1 aliphatic rings. The van der Waals surface area contributed by atoms with Crippen molar-refractivity contribution in [3.8, 4) is 0 Å². The fraction of sp³-hybridized carbons (Fsp3) is 0.190. The zero-order valence-electron chi connectivity index (χ0n) is 16.4. The van der Waals surface area contributed by atoms with Gasteiger partial charge < -0.3 is 16.4 Å². The van der Waals surface area contributed by atoms with E-state index in [0.717, 1.165) is 4.90 Å². The average Bonchev–Trinajstić information content (AvgIpc) is 2.92. The third-order valence-electron chi connectivity index (χ3n) is 4.85. The molecule has 0 saturated carbocycles. The van der Waals surface area contributed by atoms with E-state index >= 15 is 0 Å². The van der Waals surface area contributed by atoms with Gasteiger partial charge in [0.25, 0.3) is 5.91 Å². The van der Waals surface area contributed by atoms with Gasteiger partial charge in [-0.05, 0) is 43.7 Å². The minimum absolute atomic E-state index is 0.158. The molecular weight excluding hydrogens is 388 g/mol. The molecule has 0 aromatic heterocycles. The maximum Gasteiger partial charge on any atom is 0.325 e. The van der Waals surface area contributed by atoms with Crippen LogP contribution in [0.3, 0.4) is 0 Å². The molecule has 3 rings (SSSR count). The second kappa shape index (κ2) is 7.78. The molecule has 1 heterocycles. The van der Waals surface area contributed by atoms with Crippen molar-refractivity contribution in [3.05, 3.63) is 65.2 Å². The van der Waals surface area contributed by atoms with E-state index in [4.69, 9.17) is 5.73 Å². The highest BCUT2D eigenvalue weighted by molar-refractivity contribution is 6.10. The first-order chi connectivity index (χ1) is 14.1. The minimum Gasteiger partial charge on any atom is -0.366 e. The number of nitrogens with zero attached hydrogens (tertiary/aromatic N) is 1. The molecular formula is C21H20N4O5. The predicted molar refractivity (Wildman–Crippen MR) is 108 cm³/mol. The summed E-state index contributed by atoms with van der Waals surface area (Å²) in [5, 5.41) is 5.14. The molecule has 1 aliphatic heterocycles. The number of carbonyl (C=O) groups is 5. The smallest absolute Gasteiger partial charge is 0.325 e. The van der Waals surface area contributed by atoms with Gasteiger partial charge in [0.15, 0.2) is 5.78 Å². The summed E-state index contributed by atoms with van der Waals surface area (Å²) in [5.41, 5.74) is 5.19. The standard InChI is InChI=1S/C21H20N4O5/c1-12(26)13-5-4-8-16(10-13)23-17(27)11-25-19(29)21(2,24-20(25)30)15-7-3-6-14(9-15)18(22)28/h3-10H,11H2,1-2H3,(H2,22,28)(H,23,27)(H,24,30). The Balaban J connectivity index is 1.77. The van der Waals surface area contributed by atoms with Crippen LogP contribution in [-0.2, 0) is 15.1 Å². The van der Waals surface area contributed by atoms with Crippen LogP contribution in [0.25, 0.3) is 0 Å². The average molecular weight is 408 g/mol. The van der Waals surface area contributed by atoms with E-state index < -0.39 is 35.8 Å². The van der Waals surface area contributed by atoms with Crippen molar-refractivity contribution in [2.45, 2.75) is 19.4 Å². The second-order valence-electron chi connectivity index (χ2n) is 7.08. The highest BCUT2D eigenvalue weighted by Crippen LogP contribution is 2.29. The molecule has 2 aromatic carbocycles. The van der Waals surface area contributed by atoms with Crippen LogP contribution in [0.1, 0.15) is 40.1 Å². The summed E-state index contributed by atoms with van der Waals surface area (Å²) in [6.07, 6.45) is 0. The largest absolute Gasteiger partial charge is 0.366 e. The quantitative estimate of drug-likeness (QED) is 0.490. The summed E-state index contributed by atoms with van der Waals surface area (Å²) >= 11 is 0. The molecule has 0 bridgehead atoms. The van der Waals surface area contributed by atoms with Gasteiger partial charge in [0.05, 0.1) is 0 Å². The molecule has 30 heavy (non-hydrogen) atoms. The Hall–Kier alpha value is -4.01. The molecule has 9 heteroatoms. The molecule has 1 fully saturated rings. The van der Waals surface area contributed by atoms with Crippen molar-refractivity contribution < 1.29 is 24.0 Å². The van der Waals surface area contributed by atoms with Gasteiger partial charge in [0.2, 0.25) is 11.8 Å². The van der Waals surface area contributed by atoms with Crippen LogP contribution in [0.5, 0.6) is 0 Å². The molecule has 0 aliphatic carbocycles. The van der Waals surface area contributed by atoms with Crippen LogP contribution in [0, 0.1) is 0 Å². The lowest BCUT2D eigenvalue weighted by Gasteiger charge is -2.22. The lowest BCUT2D eigenvalue weighted by molar-refractivity contribution is -0.133. The molecule has 1 unspecified atom stereocenters. The fourth-order valence-electron chi connectivity index (χ4n) is 3.18. The van der Waals surface area contributed by atoms with Crippen LogP contribution in [-0.4, -0.2) is 41.0 Å². The van der Waals surface area contributed by atoms with E-state index in [-0.39, 0.29) is 11.3 Å². The summed E-state index contributed by atoms with van der Waals surface area (Å²) in [6, 6.07) is 11.7. The maximum atomic E-state index is 13.0. The highest BCUT2D eigenvalue weighted by atomic mass is 16.2. The minimum atomic E-state index is -1.45. The van der Waals surface area contributed by atoms with E-state index in [9.17, 15) is 24.0 Å². The summed E-state index contributed by atoms with van der Waals surface area (Å²) < 4.78 is 0. The number of hydrogen-bond donors (Lipinski definition) is 3. The highest BCUT2D eigenvalue weighted by Gasteiger charge is 2.49. The first-order valence-corrected chi connectivity index (χ1v) is 9.07. The van der Waals surface area contributed by atoms with Gasteiger partial charge in [0, 0.05) is 16.8 Å². The van der Waals surface area contributed by atoms with Crippen LogP contribution < -0.4 is 16.4 Å². The molecule has 9 nitrogen and oxygen atoms in total. The number of nitrogens with one attached hydrogen (secondary N) is 2. The van der Waals surface area contributed by atoms with Crippen molar-refractivity contribution in [3.63, 3.8) is 0 Å². The van der Waals surface area contributed by atoms with Crippen molar-refractivity contribution in [1.29, 1.82) is 0 Å². The number of hydrogen-bond acceptors (Lipinski definition) is 5. The van der Waals surface area contributed by atoms with Crippen molar-refractivity contribution in [1.82, 2.24) is 10.2 Å². The van der Waals surface area contributed by atoms with E-state index in [1.54, 1.807) is 30.3 Å². The monoisotopic (exact) mass is 408 g/mol. The van der Waals surface area contributed by atoms with E-state index in [2.05, 4.69) is 10.6 Å². The summed E-state index contributed by atoms with van der Waals surface area (Å²) in [6.45, 7) is 2.38. The molecule has 0 radical (unpaired) electrons. The summed E-state index contributed by atoms with van der Waals surface area (Å²) in [4.78, 5) is 61.5. The van der Waals surface area contributed by atoms with Gasteiger partial charge in [-0.25, -0.2) is 4.79 Å². The number of imide groups is 1. The molecule has 1 saturated heterocycles. The molecule has 0 spiro atoms.